The van der Waals surface area contributed by atoms with Gasteiger partial charge in [-0.05, 0) is 11.1 Å². The number of nitrogens with two attached hydrogens (primary N) is 1. The number of non-ortho nitro benzene ring substituents is 1. The van der Waals surface area contributed by atoms with Gasteiger partial charge in [-0.1, -0.05) is 42.5 Å². The smallest absolute Gasteiger partial charge is 0.269 e. The summed E-state index contributed by atoms with van der Waals surface area (Å²) >= 11 is 0. The maximum absolute atomic E-state index is 11.2. The predicted octanol–water partition coefficient (Wildman–Crippen LogP) is 3.20. The Balaban J connectivity index is 1.96. The van der Waals surface area contributed by atoms with Crippen molar-refractivity contribution < 1.29 is 9.66 Å². The maximum Gasteiger partial charge on any atom is 0.269 e. The van der Waals surface area contributed by atoms with E-state index >= 15 is 0 Å². The van der Waals surface area contributed by atoms with E-state index < -0.39 is 10.8 Å². The van der Waals surface area contributed by atoms with Crippen LogP contribution in [0.5, 0.6) is 5.88 Å². The number of nitro groups is 1. The van der Waals surface area contributed by atoms with Gasteiger partial charge in [-0.2, -0.15) is 5.26 Å². The molecule has 0 saturated carbocycles. The molecule has 2 aromatic carbocycles. The van der Waals surface area contributed by atoms with E-state index in [1.54, 1.807) is 12.1 Å². The third kappa shape index (κ3) is 2.67. The molecule has 0 fully saturated rings. The molecule has 8 heteroatoms. The molecular formula is C19H13N5O3. The minimum atomic E-state index is -0.632. The van der Waals surface area contributed by atoms with Crippen LogP contribution in [0, 0.1) is 21.4 Å². The lowest BCUT2D eigenvalue weighted by atomic mass is 9.83. The van der Waals surface area contributed by atoms with Gasteiger partial charge in [-0.3, -0.25) is 15.2 Å². The first-order chi connectivity index (χ1) is 13.1. The van der Waals surface area contributed by atoms with Crippen molar-refractivity contribution in [3.8, 4) is 23.2 Å². The number of rotatable bonds is 3. The molecule has 2 heterocycles. The average Bonchev–Trinajstić information content (AvgIpc) is 3.11. The minimum Gasteiger partial charge on any atom is -0.420 e. The molecule has 27 heavy (non-hydrogen) atoms. The standard InChI is InChI=1S/C19H13N5O3/c20-10-14-15(12-7-4-8-13(9-12)24(25)26)16-17(11-5-2-1-3-6-11)22-23-19(16)27-18(14)21/h1-9,15H,21H2,(H,22,23)/t15-/m1/s1. The molecule has 3 aromatic rings. The van der Waals surface area contributed by atoms with Gasteiger partial charge < -0.3 is 10.5 Å². The topological polar surface area (TPSA) is 131 Å². The zero-order chi connectivity index (χ0) is 19.0. The first-order valence-corrected chi connectivity index (χ1v) is 8.05. The van der Waals surface area contributed by atoms with Crippen LogP contribution in [0.15, 0.2) is 66.1 Å². The fraction of sp³-hybridized carbons (Fsp3) is 0.0526. The third-order valence-electron chi connectivity index (χ3n) is 4.42. The number of nitriles is 1. The SMILES string of the molecule is N#CC1=C(N)Oc2n[nH]c(-c3ccccc3)c2[C@@H]1c1cccc([N+](=O)[O-])c1. The molecule has 0 amide bonds. The molecule has 0 bridgehead atoms. The second kappa shape index (κ2) is 6.31. The van der Waals surface area contributed by atoms with Crippen LogP contribution < -0.4 is 10.5 Å². The van der Waals surface area contributed by atoms with E-state index in [1.165, 1.54) is 12.1 Å². The van der Waals surface area contributed by atoms with Gasteiger partial charge in [0.25, 0.3) is 5.69 Å². The van der Waals surface area contributed by atoms with Crippen LogP contribution in [0.3, 0.4) is 0 Å². The molecule has 1 aliphatic heterocycles. The summed E-state index contributed by atoms with van der Waals surface area (Å²) in [5.74, 6) is -0.443. The number of hydrogen-bond donors (Lipinski definition) is 2. The number of fused-ring (bicyclic) bond motifs is 1. The van der Waals surface area contributed by atoms with Crippen molar-refractivity contribution in [3.05, 3.63) is 87.3 Å². The Labute approximate surface area is 153 Å². The van der Waals surface area contributed by atoms with E-state index in [0.29, 0.717) is 16.8 Å². The third-order valence-corrected chi connectivity index (χ3v) is 4.42. The zero-order valence-corrected chi connectivity index (χ0v) is 13.9. The van der Waals surface area contributed by atoms with Gasteiger partial charge in [-0.25, -0.2) is 0 Å². The van der Waals surface area contributed by atoms with Gasteiger partial charge in [-0.15, -0.1) is 5.10 Å². The van der Waals surface area contributed by atoms with E-state index in [1.807, 2.05) is 30.3 Å². The summed E-state index contributed by atoms with van der Waals surface area (Å²) < 4.78 is 5.53. The second-order valence-electron chi connectivity index (χ2n) is 5.96. The van der Waals surface area contributed by atoms with Crippen molar-refractivity contribution in [2.45, 2.75) is 5.92 Å². The van der Waals surface area contributed by atoms with Crippen LogP contribution in [0.4, 0.5) is 5.69 Å². The van der Waals surface area contributed by atoms with Crippen LogP contribution in [-0.2, 0) is 0 Å². The largest absolute Gasteiger partial charge is 0.420 e. The van der Waals surface area contributed by atoms with Gasteiger partial charge in [0, 0.05) is 12.1 Å². The highest BCUT2D eigenvalue weighted by Crippen LogP contribution is 2.45. The number of nitro benzene ring substituents is 1. The lowest BCUT2D eigenvalue weighted by molar-refractivity contribution is -0.384. The Morgan fingerprint density at radius 3 is 2.70 bits per heavy atom. The number of ether oxygens (including phenoxy) is 1. The Bertz CT molecular complexity index is 1110. The van der Waals surface area contributed by atoms with Crippen molar-refractivity contribution in [2.24, 2.45) is 5.73 Å². The Morgan fingerprint density at radius 1 is 1.22 bits per heavy atom. The van der Waals surface area contributed by atoms with Crippen molar-refractivity contribution in [1.29, 1.82) is 5.26 Å². The molecule has 0 spiro atoms. The second-order valence-corrected chi connectivity index (χ2v) is 5.96. The lowest BCUT2D eigenvalue weighted by Crippen LogP contribution is -2.21. The number of nitrogens with zero attached hydrogens (tertiary/aromatic N) is 3. The van der Waals surface area contributed by atoms with Gasteiger partial charge in [0.2, 0.25) is 11.8 Å². The quantitative estimate of drug-likeness (QED) is 0.545. The summed E-state index contributed by atoms with van der Waals surface area (Å²) in [6.45, 7) is 0. The number of aromatic amines is 1. The molecule has 4 rings (SSSR count). The van der Waals surface area contributed by atoms with Gasteiger partial charge in [0.05, 0.1) is 22.1 Å². The molecule has 8 nitrogen and oxygen atoms in total. The number of hydrogen-bond acceptors (Lipinski definition) is 6. The summed E-state index contributed by atoms with van der Waals surface area (Å²) in [7, 11) is 0. The molecular weight excluding hydrogens is 346 g/mol. The summed E-state index contributed by atoms with van der Waals surface area (Å²) in [6.07, 6.45) is 0. The maximum atomic E-state index is 11.2. The van der Waals surface area contributed by atoms with Gasteiger partial charge >= 0.3 is 0 Å². The van der Waals surface area contributed by atoms with E-state index in [4.69, 9.17) is 10.5 Å². The number of benzene rings is 2. The van der Waals surface area contributed by atoms with Crippen LogP contribution in [0.2, 0.25) is 0 Å². The zero-order valence-electron chi connectivity index (χ0n) is 13.9. The average molecular weight is 359 g/mol. The molecule has 3 N–H and O–H groups in total. The molecule has 1 aromatic heterocycles. The lowest BCUT2D eigenvalue weighted by Gasteiger charge is -2.24. The highest BCUT2D eigenvalue weighted by Gasteiger charge is 2.36. The minimum absolute atomic E-state index is 0.0624. The summed E-state index contributed by atoms with van der Waals surface area (Å²) in [5.41, 5.74) is 8.74. The monoisotopic (exact) mass is 359 g/mol. The van der Waals surface area contributed by atoms with E-state index in [2.05, 4.69) is 16.3 Å². The highest BCUT2D eigenvalue weighted by molar-refractivity contribution is 5.71. The summed E-state index contributed by atoms with van der Waals surface area (Å²) in [5, 5.41) is 28.0. The fourth-order valence-corrected chi connectivity index (χ4v) is 3.22. The first-order valence-electron chi connectivity index (χ1n) is 8.05. The number of H-pyrrole nitrogens is 1. The molecule has 0 aliphatic carbocycles. The molecule has 132 valence electrons. The van der Waals surface area contributed by atoms with E-state index in [0.717, 1.165) is 5.56 Å². The van der Waals surface area contributed by atoms with Gasteiger partial charge in [0.1, 0.15) is 11.6 Å². The van der Waals surface area contributed by atoms with Crippen LogP contribution >= 0.6 is 0 Å². The predicted molar refractivity (Wildman–Crippen MR) is 96.4 cm³/mol. The van der Waals surface area contributed by atoms with E-state index in [-0.39, 0.29) is 23.0 Å². The number of aromatic nitrogens is 2. The van der Waals surface area contributed by atoms with Crippen molar-refractivity contribution in [1.82, 2.24) is 10.2 Å². The Kier molecular flexibility index (Phi) is 3.82. The Hall–Kier alpha value is -4.12. The fourth-order valence-electron chi connectivity index (χ4n) is 3.22. The van der Waals surface area contributed by atoms with Crippen LogP contribution in [0.1, 0.15) is 17.0 Å². The van der Waals surface area contributed by atoms with Crippen LogP contribution in [0.25, 0.3) is 11.3 Å². The number of allylic oxidation sites excluding steroid dienone is 1. The first kappa shape index (κ1) is 16.4. The molecule has 1 aliphatic rings. The van der Waals surface area contributed by atoms with Crippen molar-refractivity contribution >= 4 is 5.69 Å². The normalized spacial score (nSPS) is 15.6. The van der Waals surface area contributed by atoms with Crippen molar-refractivity contribution in [2.75, 3.05) is 0 Å². The van der Waals surface area contributed by atoms with Crippen LogP contribution in [-0.4, -0.2) is 15.1 Å². The molecule has 0 unspecified atom stereocenters. The van der Waals surface area contributed by atoms with Gasteiger partial charge in [0.15, 0.2) is 0 Å². The van der Waals surface area contributed by atoms with Crippen molar-refractivity contribution in [3.63, 3.8) is 0 Å². The number of nitrogens with one attached hydrogen (secondary N) is 1. The molecule has 0 radical (unpaired) electrons. The molecule has 0 saturated heterocycles. The summed E-state index contributed by atoms with van der Waals surface area (Å²) in [4.78, 5) is 10.7. The molecule has 1 atom stereocenters. The van der Waals surface area contributed by atoms with E-state index in [9.17, 15) is 15.4 Å². The Morgan fingerprint density at radius 2 is 2.00 bits per heavy atom. The summed E-state index contributed by atoms with van der Waals surface area (Å²) in [6, 6.07) is 17.7. The highest BCUT2D eigenvalue weighted by atomic mass is 16.6.